The third-order valence-corrected chi connectivity index (χ3v) is 4.29. The predicted octanol–water partition coefficient (Wildman–Crippen LogP) is 5.50. The average Bonchev–Trinajstić information content (AvgIpc) is 2.44. The van der Waals surface area contributed by atoms with Gasteiger partial charge in [0.05, 0.1) is 0 Å². The van der Waals surface area contributed by atoms with Crippen molar-refractivity contribution in [1.82, 2.24) is 5.32 Å². The molecule has 0 saturated carbocycles. The van der Waals surface area contributed by atoms with Gasteiger partial charge in [-0.2, -0.15) is 0 Å². The molecule has 3 heteroatoms. The van der Waals surface area contributed by atoms with Crippen molar-refractivity contribution in [3.05, 3.63) is 68.7 Å². The lowest BCUT2D eigenvalue weighted by atomic mass is 9.95. The van der Waals surface area contributed by atoms with Crippen molar-refractivity contribution in [3.63, 3.8) is 0 Å². The van der Waals surface area contributed by atoms with E-state index < -0.39 is 0 Å². The van der Waals surface area contributed by atoms with Crippen molar-refractivity contribution in [2.45, 2.75) is 33.2 Å². The van der Waals surface area contributed by atoms with Crippen LogP contribution in [0.2, 0.25) is 10.0 Å². The Balaban J connectivity index is 2.32. The van der Waals surface area contributed by atoms with E-state index in [9.17, 15) is 0 Å². The maximum Gasteiger partial charge on any atom is 0.0441 e. The Morgan fingerprint density at radius 1 is 1.05 bits per heavy atom. The summed E-state index contributed by atoms with van der Waals surface area (Å²) in [6.45, 7) is 7.19. The predicted molar refractivity (Wildman–Crippen MR) is 92.5 cm³/mol. The Kier molecular flexibility index (Phi) is 5.69. The van der Waals surface area contributed by atoms with Gasteiger partial charge >= 0.3 is 0 Å². The average molecular weight is 322 g/mol. The number of hydrogen-bond acceptors (Lipinski definition) is 1. The highest BCUT2D eigenvalue weighted by Crippen LogP contribution is 2.28. The maximum atomic E-state index is 6.38. The minimum Gasteiger partial charge on any atom is -0.310 e. The van der Waals surface area contributed by atoms with Crippen LogP contribution in [0, 0.1) is 13.8 Å². The summed E-state index contributed by atoms with van der Waals surface area (Å²) in [6, 6.07) is 12.5. The highest BCUT2D eigenvalue weighted by Gasteiger charge is 2.15. The smallest absolute Gasteiger partial charge is 0.0441 e. The van der Waals surface area contributed by atoms with E-state index in [0.29, 0.717) is 0 Å². The molecule has 0 aromatic heterocycles. The summed E-state index contributed by atoms with van der Waals surface area (Å²) < 4.78 is 0. The van der Waals surface area contributed by atoms with Gasteiger partial charge in [-0.3, -0.25) is 0 Å². The van der Waals surface area contributed by atoms with E-state index in [1.165, 1.54) is 16.7 Å². The molecule has 1 nitrogen and oxygen atoms in total. The molecule has 21 heavy (non-hydrogen) atoms. The van der Waals surface area contributed by atoms with E-state index in [1.807, 2.05) is 18.2 Å². The van der Waals surface area contributed by atoms with E-state index in [2.05, 4.69) is 44.3 Å². The lowest BCUT2D eigenvalue weighted by Gasteiger charge is -2.21. The number of aryl methyl sites for hydroxylation is 2. The number of hydrogen-bond donors (Lipinski definition) is 1. The maximum absolute atomic E-state index is 6.38. The van der Waals surface area contributed by atoms with Crippen LogP contribution in [0.25, 0.3) is 0 Å². The summed E-state index contributed by atoms with van der Waals surface area (Å²) in [5.41, 5.74) is 4.82. The van der Waals surface area contributed by atoms with Crippen LogP contribution in [0.1, 0.15) is 35.2 Å². The van der Waals surface area contributed by atoms with Crippen LogP contribution in [0.4, 0.5) is 0 Å². The van der Waals surface area contributed by atoms with Crippen molar-refractivity contribution in [2.75, 3.05) is 6.54 Å². The topological polar surface area (TPSA) is 12.0 Å². The molecule has 0 amide bonds. The van der Waals surface area contributed by atoms with Crippen LogP contribution in [0.5, 0.6) is 0 Å². The zero-order valence-corrected chi connectivity index (χ0v) is 14.2. The van der Waals surface area contributed by atoms with Crippen LogP contribution in [0.15, 0.2) is 36.4 Å². The molecule has 0 saturated heterocycles. The molecular formula is C18H21Cl2N. The first-order chi connectivity index (χ1) is 10.0. The van der Waals surface area contributed by atoms with Crippen LogP contribution in [-0.2, 0) is 6.42 Å². The Labute approximate surface area is 137 Å². The Morgan fingerprint density at radius 3 is 2.48 bits per heavy atom. The quantitative estimate of drug-likeness (QED) is 0.766. The van der Waals surface area contributed by atoms with E-state index in [4.69, 9.17) is 23.2 Å². The molecule has 1 atom stereocenters. The third kappa shape index (κ3) is 4.23. The second kappa shape index (κ2) is 7.31. The van der Waals surface area contributed by atoms with Crippen LogP contribution < -0.4 is 5.32 Å². The van der Waals surface area contributed by atoms with Crippen molar-refractivity contribution in [2.24, 2.45) is 0 Å². The van der Waals surface area contributed by atoms with Gasteiger partial charge in [0.1, 0.15) is 0 Å². The van der Waals surface area contributed by atoms with E-state index in [0.717, 1.165) is 28.6 Å². The molecule has 1 unspecified atom stereocenters. The van der Waals surface area contributed by atoms with Gasteiger partial charge < -0.3 is 5.32 Å². The monoisotopic (exact) mass is 321 g/mol. The van der Waals surface area contributed by atoms with Gasteiger partial charge in [-0.05, 0) is 67.3 Å². The van der Waals surface area contributed by atoms with Gasteiger partial charge in [0, 0.05) is 16.1 Å². The lowest BCUT2D eigenvalue weighted by Crippen LogP contribution is -2.24. The van der Waals surface area contributed by atoms with E-state index in [1.54, 1.807) is 0 Å². The normalized spacial score (nSPS) is 12.4. The summed E-state index contributed by atoms with van der Waals surface area (Å²) >= 11 is 12.5. The molecule has 2 aromatic carbocycles. The molecule has 0 spiro atoms. The zero-order valence-electron chi connectivity index (χ0n) is 12.7. The summed E-state index contributed by atoms with van der Waals surface area (Å²) in [7, 11) is 0. The summed E-state index contributed by atoms with van der Waals surface area (Å²) in [5, 5.41) is 5.14. The fourth-order valence-corrected chi connectivity index (χ4v) is 3.06. The van der Waals surface area contributed by atoms with Gasteiger partial charge in [-0.1, -0.05) is 48.3 Å². The molecule has 0 heterocycles. The fourth-order valence-electron chi connectivity index (χ4n) is 2.56. The molecule has 0 aliphatic rings. The number of likely N-dealkylation sites (N-methyl/N-ethyl adjacent to an activating group) is 1. The molecule has 0 aliphatic heterocycles. The summed E-state index contributed by atoms with van der Waals surface area (Å²) in [5.74, 6) is 0. The first-order valence-corrected chi connectivity index (χ1v) is 8.01. The lowest BCUT2D eigenvalue weighted by molar-refractivity contribution is 0.547. The van der Waals surface area contributed by atoms with Gasteiger partial charge in [-0.25, -0.2) is 0 Å². The SMILES string of the molecule is CCNC(Cc1ccc(C)cc1Cl)c1cc(Cl)ccc1C. The Morgan fingerprint density at radius 2 is 1.81 bits per heavy atom. The first kappa shape index (κ1) is 16.4. The second-order valence-electron chi connectivity index (χ2n) is 5.41. The van der Waals surface area contributed by atoms with Crippen molar-refractivity contribution < 1.29 is 0 Å². The molecular weight excluding hydrogens is 301 g/mol. The standard InChI is InChI=1S/C18H21Cl2N/c1-4-21-18(16-11-15(19)8-6-13(16)3)10-14-7-5-12(2)9-17(14)20/h5-9,11,18,21H,4,10H2,1-3H3. The van der Waals surface area contributed by atoms with Gasteiger partial charge in [0.25, 0.3) is 0 Å². The van der Waals surface area contributed by atoms with Crippen molar-refractivity contribution >= 4 is 23.2 Å². The fraction of sp³-hybridized carbons (Fsp3) is 0.333. The minimum absolute atomic E-state index is 0.217. The largest absolute Gasteiger partial charge is 0.310 e. The number of rotatable bonds is 5. The van der Waals surface area contributed by atoms with Crippen molar-refractivity contribution in [3.8, 4) is 0 Å². The first-order valence-electron chi connectivity index (χ1n) is 7.25. The van der Waals surface area contributed by atoms with Crippen molar-refractivity contribution in [1.29, 1.82) is 0 Å². The van der Waals surface area contributed by atoms with E-state index >= 15 is 0 Å². The Hall–Kier alpha value is -1.02. The van der Waals surface area contributed by atoms with Crippen LogP contribution in [0.3, 0.4) is 0 Å². The van der Waals surface area contributed by atoms with Gasteiger partial charge in [-0.15, -0.1) is 0 Å². The third-order valence-electron chi connectivity index (χ3n) is 3.70. The molecule has 112 valence electrons. The summed E-state index contributed by atoms with van der Waals surface area (Å²) in [4.78, 5) is 0. The molecule has 2 rings (SSSR count). The zero-order chi connectivity index (χ0) is 15.4. The minimum atomic E-state index is 0.217. The molecule has 0 fully saturated rings. The molecule has 0 radical (unpaired) electrons. The number of halogens is 2. The molecule has 0 bridgehead atoms. The highest BCUT2D eigenvalue weighted by molar-refractivity contribution is 6.31. The summed E-state index contributed by atoms with van der Waals surface area (Å²) in [6.07, 6.45) is 0.855. The van der Waals surface area contributed by atoms with Gasteiger partial charge in [0.2, 0.25) is 0 Å². The highest BCUT2D eigenvalue weighted by atomic mass is 35.5. The van der Waals surface area contributed by atoms with Crippen LogP contribution in [-0.4, -0.2) is 6.54 Å². The molecule has 1 N–H and O–H groups in total. The Bertz CT molecular complexity index is 623. The second-order valence-corrected chi connectivity index (χ2v) is 6.25. The van der Waals surface area contributed by atoms with E-state index in [-0.39, 0.29) is 6.04 Å². The van der Waals surface area contributed by atoms with Crippen LogP contribution >= 0.6 is 23.2 Å². The number of benzene rings is 2. The molecule has 0 aliphatic carbocycles. The number of nitrogens with one attached hydrogen (secondary N) is 1. The molecule has 2 aromatic rings. The van der Waals surface area contributed by atoms with Gasteiger partial charge in [0.15, 0.2) is 0 Å².